The molecule has 138 valence electrons. The zero-order valence-electron chi connectivity index (χ0n) is 14.8. The van der Waals surface area contributed by atoms with Gasteiger partial charge in [-0.1, -0.05) is 29.3 Å². The highest BCUT2D eigenvalue weighted by Gasteiger charge is 2.11. The molecular formula is C19H21ClN2O3S. The van der Waals surface area contributed by atoms with Gasteiger partial charge in [0.25, 0.3) is 0 Å². The zero-order chi connectivity index (χ0) is 19.1. The number of thiocarbonyl (C=S) groups is 1. The lowest BCUT2D eigenvalue weighted by Gasteiger charge is -2.18. The molecule has 26 heavy (non-hydrogen) atoms. The molecule has 0 aliphatic rings. The van der Waals surface area contributed by atoms with E-state index in [1.165, 1.54) is 12.7 Å². The fourth-order valence-electron chi connectivity index (χ4n) is 2.15. The van der Waals surface area contributed by atoms with Crippen LogP contribution in [0.15, 0.2) is 42.5 Å². The van der Waals surface area contributed by atoms with Gasteiger partial charge < -0.3 is 20.1 Å². The molecule has 0 aliphatic carbocycles. The van der Waals surface area contributed by atoms with Gasteiger partial charge in [-0.3, -0.25) is 0 Å². The van der Waals surface area contributed by atoms with E-state index in [0.29, 0.717) is 28.0 Å². The van der Waals surface area contributed by atoms with Gasteiger partial charge in [-0.15, -0.1) is 0 Å². The number of rotatable bonds is 6. The lowest BCUT2D eigenvalue weighted by atomic mass is 10.2. The van der Waals surface area contributed by atoms with E-state index in [4.69, 9.17) is 33.3 Å². The summed E-state index contributed by atoms with van der Waals surface area (Å²) >= 11 is 11.5. The van der Waals surface area contributed by atoms with Crippen molar-refractivity contribution in [2.75, 3.05) is 19.0 Å². The Kier molecular flexibility index (Phi) is 7.24. The Hall–Kier alpha value is -2.31. The molecule has 5 nitrogen and oxygen atoms in total. The van der Waals surface area contributed by atoms with Crippen molar-refractivity contribution in [1.82, 2.24) is 5.32 Å². The normalized spacial score (nSPS) is 11.4. The Bertz CT molecular complexity index is 781. The van der Waals surface area contributed by atoms with E-state index in [1.807, 2.05) is 38.1 Å². The molecule has 2 rings (SSSR count). The van der Waals surface area contributed by atoms with Crippen molar-refractivity contribution >= 4 is 40.6 Å². The molecule has 7 heteroatoms. The van der Waals surface area contributed by atoms with Crippen molar-refractivity contribution in [3.05, 3.63) is 58.6 Å². The molecular weight excluding hydrogens is 372 g/mol. The van der Waals surface area contributed by atoms with Crippen molar-refractivity contribution in [1.29, 1.82) is 0 Å². The van der Waals surface area contributed by atoms with Crippen LogP contribution in [0.3, 0.4) is 0 Å². The summed E-state index contributed by atoms with van der Waals surface area (Å²) in [6.45, 7) is 4.42. The predicted octanol–water partition coefficient (Wildman–Crippen LogP) is 4.19. The summed E-state index contributed by atoms with van der Waals surface area (Å²) in [5.74, 6) is 0.361. The molecule has 1 unspecified atom stereocenters. The number of esters is 1. The molecule has 0 saturated carbocycles. The summed E-state index contributed by atoms with van der Waals surface area (Å²) in [6, 6.07) is 12.6. The molecule has 0 saturated heterocycles. The number of carbonyl (C=O) groups excluding carboxylic acids is 1. The molecule has 2 aromatic rings. The first kappa shape index (κ1) is 20.0. The molecule has 0 aliphatic heterocycles. The van der Waals surface area contributed by atoms with Gasteiger partial charge in [0.1, 0.15) is 12.4 Å². The molecule has 1 atom stereocenters. The fourth-order valence-corrected chi connectivity index (χ4v) is 2.62. The molecule has 0 heterocycles. The standard InChI is InChI=1S/C19H21ClN2O3S/c1-12-4-7-15(8-5-12)25-11-13(2)21-19(26)22-17-10-14(18(23)24-3)6-9-16(17)20/h4-10,13H,11H2,1-3H3,(H2,21,22,26). The third-order valence-electron chi connectivity index (χ3n) is 3.53. The second-order valence-electron chi connectivity index (χ2n) is 5.81. The average molecular weight is 393 g/mol. The fraction of sp³-hybridized carbons (Fsp3) is 0.263. The van der Waals surface area contributed by atoms with Crippen molar-refractivity contribution in [3.63, 3.8) is 0 Å². The molecule has 2 N–H and O–H groups in total. The highest BCUT2D eigenvalue weighted by atomic mass is 35.5. The number of methoxy groups -OCH3 is 1. The number of hydrogen-bond acceptors (Lipinski definition) is 4. The minimum Gasteiger partial charge on any atom is -0.491 e. The number of hydrogen-bond donors (Lipinski definition) is 2. The maximum absolute atomic E-state index is 11.6. The second kappa shape index (κ2) is 9.40. The van der Waals surface area contributed by atoms with E-state index in [9.17, 15) is 4.79 Å². The maximum atomic E-state index is 11.6. The van der Waals surface area contributed by atoms with Crippen molar-refractivity contribution in [3.8, 4) is 5.75 Å². The maximum Gasteiger partial charge on any atom is 0.337 e. The van der Waals surface area contributed by atoms with E-state index in [1.54, 1.807) is 18.2 Å². The van der Waals surface area contributed by atoms with E-state index in [0.717, 1.165) is 5.75 Å². The van der Waals surface area contributed by atoms with Crippen LogP contribution in [0.5, 0.6) is 5.75 Å². The summed E-state index contributed by atoms with van der Waals surface area (Å²) in [6.07, 6.45) is 0. The number of carbonyl (C=O) groups is 1. The molecule has 0 fully saturated rings. The SMILES string of the molecule is COC(=O)c1ccc(Cl)c(NC(=S)NC(C)COc2ccc(C)cc2)c1. The minimum absolute atomic E-state index is 0.0288. The Morgan fingerprint density at radius 3 is 2.58 bits per heavy atom. The highest BCUT2D eigenvalue weighted by Crippen LogP contribution is 2.23. The Labute approximate surface area is 163 Å². The summed E-state index contributed by atoms with van der Waals surface area (Å²) < 4.78 is 10.4. The monoisotopic (exact) mass is 392 g/mol. The summed E-state index contributed by atoms with van der Waals surface area (Å²) in [5, 5.41) is 6.94. The average Bonchev–Trinajstić information content (AvgIpc) is 2.62. The predicted molar refractivity (Wildman–Crippen MR) is 108 cm³/mol. The first-order chi connectivity index (χ1) is 12.4. The van der Waals surface area contributed by atoms with Crippen LogP contribution in [0.25, 0.3) is 0 Å². The van der Waals surface area contributed by atoms with Crippen LogP contribution in [0.1, 0.15) is 22.8 Å². The number of halogens is 1. The van der Waals surface area contributed by atoms with Crippen LogP contribution in [0, 0.1) is 6.92 Å². The Morgan fingerprint density at radius 1 is 1.23 bits per heavy atom. The van der Waals surface area contributed by atoms with Crippen LogP contribution in [-0.2, 0) is 4.74 Å². The lowest BCUT2D eigenvalue weighted by molar-refractivity contribution is 0.0601. The van der Waals surface area contributed by atoms with Crippen LogP contribution in [0.4, 0.5) is 5.69 Å². The van der Waals surface area contributed by atoms with Gasteiger partial charge in [0.15, 0.2) is 5.11 Å². The van der Waals surface area contributed by atoms with Crippen molar-refractivity contribution in [2.24, 2.45) is 0 Å². The Balaban J connectivity index is 1.89. The Morgan fingerprint density at radius 2 is 1.92 bits per heavy atom. The summed E-state index contributed by atoms with van der Waals surface area (Å²) in [5.41, 5.74) is 2.09. The number of benzene rings is 2. The smallest absolute Gasteiger partial charge is 0.337 e. The largest absolute Gasteiger partial charge is 0.491 e. The molecule has 0 spiro atoms. The molecule has 0 radical (unpaired) electrons. The van der Waals surface area contributed by atoms with Crippen LogP contribution >= 0.6 is 23.8 Å². The van der Waals surface area contributed by atoms with Crippen molar-refractivity contribution in [2.45, 2.75) is 19.9 Å². The van der Waals surface area contributed by atoms with E-state index in [-0.39, 0.29) is 6.04 Å². The second-order valence-corrected chi connectivity index (χ2v) is 6.63. The van der Waals surface area contributed by atoms with Gasteiger partial charge in [-0.25, -0.2) is 4.79 Å². The van der Waals surface area contributed by atoms with Gasteiger partial charge in [-0.2, -0.15) is 0 Å². The summed E-state index contributed by atoms with van der Waals surface area (Å²) in [4.78, 5) is 11.6. The first-order valence-electron chi connectivity index (χ1n) is 8.04. The third kappa shape index (κ3) is 5.89. The first-order valence-corrected chi connectivity index (χ1v) is 8.82. The topological polar surface area (TPSA) is 59.6 Å². The van der Waals surface area contributed by atoms with Crippen molar-refractivity contribution < 1.29 is 14.3 Å². The van der Waals surface area contributed by atoms with Gasteiger partial charge in [0.05, 0.1) is 29.4 Å². The molecule has 0 bridgehead atoms. The van der Waals surface area contributed by atoms with Gasteiger partial charge in [-0.05, 0) is 56.4 Å². The number of aryl methyl sites for hydroxylation is 1. The van der Waals surface area contributed by atoms with Crippen LogP contribution < -0.4 is 15.4 Å². The van der Waals surface area contributed by atoms with E-state index in [2.05, 4.69) is 10.6 Å². The van der Waals surface area contributed by atoms with E-state index >= 15 is 0 Å². The molecule has 2 aromatic carbocycles. The zero-order valence-corrected chi connectivity index (χ0v) is 16.4. The highest BCUT2D eigenvalue weighted by molar-refractivity contribution is 7.80. The molecule has 0 amide bonds. The van der Waals surface area contributed by atoms with Crippen LogP contribution in [0.2, 0.25) is 5.02 Å². The van der Waals surface area contributed by atoms with Gasteiger partial charge in [0.2, 0.25) is 0 Å². The lowest BCUT2D eigenvalue weighted by Crippen LogP contribution is -2.39. The number of nitrogens with one attached hydrogen (secondary N) is 2. The minimum atomic E-state index is -0.441. The van der Waals surface area contributed by atoms with Gasteiger partial charge in [0, 0.05) is 0 Å². The number of ether oxygens (including phenoxy) is 2. The number of anilines is 1. The quantitative estimate of drug-likeness (QED) is 0.567. The van der Waals surface area contributed by atoms with E-state index < -0.39 is 5.97 Å². The third-order valence-corrected chi connectivity index (χ3v) is 4.08. The van der Waals surface area contributed by atoms with Gasteiger partial charge >= 0.3 is 5.97 Å². The summed E-state index contributed by atoms with van der Waals surface area (Å²) in [7, 11) is 1.33. The van der Waals surface area contributed by atoms with Crippen LogP contribution in [-0.4, -0.2) is 30.8 Å². The molecule has 0 aromatic heterocycles.